The number of benzene rings is 1. The van der Waals surface area contributed by atoms with Crippen LogP contribution in [0.3, 0.4) is 0 Å². The van der Waals surface area contributed by atoms with Gasteiger partial charge in [-0.3, -0.25) is 14.6 Å². The van der Waals surface area contributed by atoms with E-state index in [1.807, 2.05) is 0 Å². The molecule has 3 fully saturated rings. The molecule has 6 heterocycles. The molecule has 242 valence electrons. The highest BCUT2D eigenvalue weighted by atomic mass is 16.3. The van der Waals surface area contributed by atoms with E-state index in [1.165, 1.54) is 54.3 Å². The van der Waals surface area contributed by atoms with Crippen molar-refractivity contribution in [3.8, 4) is 0 Å². The number of H-pyrrole nitrogens is 1. The van der Waals surface area contributed by atoms with Crippen molar-refractivity contribution >= 4 is 16.7 Å². The fourth-order valence-corrected chi connectivity index (χ4v) is 11.6. The highest BCUT2D eigenvalue weighted by Gasteiger charge is 2.74. The van der Waals surface area contributed by atoms with Crippen LogP contribution in [0.4, 0.5) is 0 Å². The summed E-state index contributed by atoms with van der Waals surface area (Å²) in [4.78, 5) is 22.3. The topological polar surface area (TPSA) is 71.6 Å². The first-order valence-electron chi connectivity index (χ1n) is 18.4. The standard InChI is InChI=1S/C39H54N4O2/c1-27(44)24-28-25-31-33(35-34-30(18-23-43(28)35)29-16-10-11-17-32(29)41-34)36(45)39-20-13-7-3-5-9-15-22-42(39)26-38(31)19-12-6-2-4-8-14-21-40-37(38)39/h2-3,6-7,10-11,16-17,28,31,33,35-37,40-41,45H,4-5,8-9,12-15,18-26H2,1H3/b6-2-,7-3-/t28-,31-,33+,35+,36-,37+,38-,39?/m0/s1. The predicted octanol–water partition coefficient (Wildman–Crippen LogP) is 6.47. The minimum atomic E-state index is -0.438. The predicted molar refractivity (Wildman–Crippen MR) is 181 cm³/mol. The Kier molecular flexibility index (Phi) is 8.08. The molecule has 1 aromatic carbocycles. The number of hydrogen-bond acceptors (Lipinski definition) is 5. The van der Waals surface area contributed by atoms with Gasteiger partial charge in [-0.2, -0.15) is 0 Å². The van der Waals surface area contributed by atoms with E-state index < -0.39 is 6.10 Å². The van der Waals surface area contributed by atoms with Crippen molar-refractivity contribution in [2.75, 3.05) is 26.2 Å². The number of aliphatic hydroxyl groups excluding tert-OH is 1. The van der Waals surface area contributed by atoms with E-state index in [1.54, 1.807) is 6.92 Å². The maximum absolute atomic E-state index is 13.3. The van der Waals surface area contributed by atoms with Crippen molar-refractivity contribution in [3.63, 3.8) is 0 Å². The molecule has 0 radical (unpaired) electrons. The van der Waals surface area contributed by atoms with Crippen LogP contribution in [0.25, 0.3) is 10.9 Å². The average molecular weight is 611 g/mol. The Labute approximate surface area is 269 Å². The molecular formula is C39H54N4O2. The Hall–Kier alpha value is -2.25. The molecule has 6 aliphatic rings. The zero-order valence-corrected chi connectivity index (χ0v) is 27.4. The second kappa shape index (κ2) is 12.1. The minimum Gasteiger partial charge on any atom is -0.391 e. The number of Topliss-reactive ketones (excluding diaryl/α,β-unsaturated/α-hetero) is 1. The molecule has 0 amide bonds. The molecule has 1 aromatic heterocycles. The second-order valence-electron chi connectivity index (χ2n) is 15.5. The van der Waals surface area contributed by atoms with Gasteiger partial charge in [0.15, 0.2) is 0 Å². The summed E-state index contributed by atoms with van der Waals surface area (Å²) in [6, 6.07) is 9.38. The summed E-state index contributed by atoms with van der Waals surface area (Å²) in [7, 11) is 0. The molecule has 3 N–H and O–H groups in total. The van der Waals surface area contributed by atoms with Gasteiger partial charge in [0.1, 0.15) is 5.78 Å². The van der Waals surface area contributed by atoms with Gasteiger partial charge in [0.2, 0.25) is 0 Å². The van der Waals surface area contributed by atoms with E-state index in [2.05, 4.69) is 68.7 Å². The molecule has 2 aromatic rings. The molecule has 5 aliphatic heterocycles. The molecule has 8 rings (SSSR count). The molecule has 2 bridgehead atoms. The van der Waals surface area contributed by atoms with E-state index in [0.717, 1.165) is 71.1 Å². The Balaban J connectivity index is 1.33. The van der Waals surface area contributed by atoms with E-state index in [0.29, 0.717) is 18.1 Å². The van der Waals surface area contributed by atoms with Crippen LogP contribution < -0.4 is 5.32 Å². The van der Waals surface area contributed by atoms with Gasteiger partial charge >= 0.3 is 0 Å². The summed E-state index contributed by atoms with van der Waals surface area (Å²) in [6.45, 7) is 5.91. The smallest absolute Gasteiger partial charge is 0.131 e. The third kappa shape index (κ3) is 4.76. The number of para-hydroxylation sites is 1. The monoisotopic (exact) mass is 610 g/mol. The average Bonchev–Trinajstić information content (AvgIpc) is 3.51. The van der Waals surface area contributed by atoms with Gasteiger partial charge in [-0.25, -0.2) is 0 Å². The first-order valence-corrected chi connectivity index (χ1v) is 18.4. The first kappa shape index (κ1) is 30.1. The van der Waals surface area contributed by atoms with Crippen LogP contribution in [0.15, 0.2) is 48.6 Å². The lowest BCUT2D eigenvalue weighted by molar-refractivity contribution is -0.174. The van der Waals surface area contributed by atoms with Crippen molar-refractivity contribution in [2.24, 2.45) is 17.3 Å². The van der Waals surface area contributed by atoms with Crippen LogP contribution in [0.1, 0.15) is 101 Å². The Morgan fingerprint density at radius 2 is 1.76 bits per heavy atom. The van der Waals surface area contributed by atoms with Gasteiger partial charge in [-0.05, 0) is 115 Å². The van der Waals surface area contributed by atoms with Crippen LogP contribution in [-0.2, 0) is 11.2 Å². The number of fused-ring (bicyclic) bond motifs is 7. The van der Waals surface area contributed by atoms with Gasteiger partial charge in [-0.1, -0.05) is 42.5 Å². The van der Waals surface area contributed by atoms with Crippen LogP contribution >= 0.6 is 0 Å². The molecule has 45 heavy (non-hydrogen) atoms. The SMILES string of the molecule is CC(=O)C[C@H]1C[C@H]2[C@H]([C@@H]3c4[nH]c5ccccc5c4CCN13)[C@H](O)C13CC/C=C\CCCCN1C[C@@]21CC/C=C\CCCCN[C@@H]31. The molecule has 1 aliphatic carbocycles. The maximum Gasteiger partial charge on any atom is 0.131 e. The molecular weight excluding hydrogens is 556 g/mol. The minimum absolute atomic E-state index is 0.0566. The van der Waals surface area contributed by atoms with E-state index in [4.69, 9.17) is 0 Å². The lowest BCUT2D eigenvalue weighted by Crippen LogP contribution is -2.74. The number of carbonyl (C=O) groups excluding carboxylic acids is 1. The second-order valence-corrected chi connectivity index (χ2v) is 15.5. The number of aromatic amines is 1. The van der Waals surface area contributed by atoms with E-state index in [-0.39, 0.29) is 35.0 Å². The summed E-state index contributed by atoms with van der Waals surface area (Å²) in [5.74, 6) is 0.770. The highest BCUT2D eigenvalue weighted by molar-refractivity contribution is 5.85. The summed E-state index contributed by atoms with van der Waals surface area (Å²) < 4.78 is 0. The summed E-state index contributed by atoms with van der Waals surface area (Å²) in [6.07, 6.45) is 23.3. The number of hydrogen-bond donors (Lipinski definition) is 3. The van der Waals surface area contributed by atoms with Gasteiger partial charge in [0.05, 0.1) is 17.7 Å². The van der Waals surface area contributed by atoms with Crippen molar-refractivity contribution in [2.45, 2.75) is 120 Å². The molecule has 2 saturated heterocycles. The maximum atomic E-state index is 13.3. The number of nitrogens with one attached hydrogen (secondary N) is 2. The Morgan fingerprint density at radius 1 is 0.978 bits per heavy atom. The number of piperidine rings is 1. The fraction of sp³-hybridized carbons (Fsp3) is 0.667. The third-order valence-electron chi connectivity index (χ3n) is 13.2. The number of ketones is 1. The number of carbonyl (C=O) groups is 1. The molecule has 1 saturated carbocycles. The number of aromatic nitrogens is 1. The van der Waals surface area contributed by atoms with Gasteiger partial charge in [0.25, 0.3) is 0 Å². The molecule has 1 spiro atoms. The highest BCUT2D eigenvalue weighted by Crippen LogP contribution is 2.66. The summed E-state index contributed by atoms with van der Waals surface area (Å²) in [5.41, 5.74) is 3.75. The quantitative estimate of drug-likeness (QED) is 0.340. The van der Waals surface area contributed by atoms with Crippen molar-refractivity contribution in [3.05, 3.63) is 59.8 Å². The van der Waals surface area contributed by atoms with Gasteiger partial charge in [0, 0.05) is 59.5 Å². The number of allylic oxidation sites excluding steroid dienone is 4. The van der Waals surface area contributed by atoms with Crippen molar-refractivity contribution in [1.29, 1.82) is 0 Å². The lowest BCUT2D eigenvalue weighted by atomic mass is 9.48. The fourth-order valence-electron chi connectivity index (χ4n) is 11.6. The summed E-state index contributed by atoms with van der Waals surface area (Å²) >= 11 is 0. The largest absolute Gasteiger partial charge is 0.391 e. The molecule has 8 atom stereocenters. The van der Waals surface area contributed by atoms with Crippen LogP contribution in [0.2, 0.25) is 0 Å². The van der Waals surface area contributed by atoms with Crippen molar-refractivity contribution in [1.82, 2.24) is 20.1 Å². The van der Waals surface area contributed by atoms with Gasteiger partial charge < -0.3 is 15.4 Å². The number of aliphatic hydroxyl groups is 1. The molecule has 6 heteroatoms. The Bertz CT molecular complexity index is 1460. The lowest BCUT2D eigenvalue weighted by Gasteiger charge is -2.64. The van der Waals surface area contributed by atoms with Crippen LogP contribution in [0.5, 0.6) is 0 Å². The third-order valence-corrected chi connectivity index (χ3v) is 13.2. The normalized spacial score (nSPS) is 40.6. The van der Waals surface area contributed by atoms with Crippen LogP contribution in [0, 0.1) is 17.3 Å². The number of nitrogens with zero attached hydrogens (tertiary/aromatic N) is 2. The molecule has 1 unspecified atom stereocenters. The first-order chi connectivity index (χ1) is 22.0. The molecule has 6 nitrogen and oxygen atoms in total. The van der Waals surface area contributed by atoms with E-state index in [9.17, 15) is 9.90 Å². The zero-order valence-electron chi connectivity index (χ0n) is 27.4. The summed E-state index contributed by atoms with van der Waals surface area (Å²) in [5, 5.41) is 18.9. The van der Waals surface area contributed by atoms with E-state index >= 15 is 0 Å². The van der Waals surface area contributed by atoms with Crippen LogP contribution in [-0.4, -0.2) is 75.6 Å². The zero-order chi connectivity index (χ0) is 30.6. The van der Waals surface area contributed by atoms with Gasteiger partial charge in [-0.15, -0.1) is 0 Å². The number of rotatable bonds is 2. The Morgan fingerprint density at radius 3 is 2.60 bits per heavy atom. The van der Waals surface area contributed by atoms with Crippen molar-refractivity contribution < 1.29 is 9.90 Å².